The number of allylic oxidation sites excluding steroid dienone is 2. The average Bonchev–Trinajstić information content (AvgIpc) is 3.35. The Bertz CT molecular complexity index is 612. The SMILES string of the molecule is [2H][C@@](O)(/C=C/[C@@H]1[C@@H](C/C=C\C[C@@H]2C[C@H]2C(=O)O)[C@@H](O)C[C@H]1O)C(C)(C)CCCC. The third kappa shape index (κ3) is 6.16. The lowest BCUT2D eigenvalue weighted by atomic mass is 9.80. The Hall–Kier alpha value is -1.17. The zero-order chi connectivity index (χ0) is 21.8. The Labute approximate surface area is 170 Å². The highest BCUT2D eigenvalue weighted by molar-refractivity contribution is 5.73. The maximum atomic E-state index is 10.9. The number of unbranched alkanes of at least 4 members (excludes halogenated alkanes) is 1. The molecule has 28 heavy (non-hydrogen) atoms. The van der Waals surface area contributed by atoms with Crippen molar-refractivity contribution in [3.05, 3.63) is 24.3 Å². The van der Waals surface area contributed by atoms with Crippen LogP contribution >= 0.6 is 0 Å². The molecule has 0 spiro atoms. The third-order valence-corrected chi connectivity index (χ3v) is 6.49. The molecule has 160 valence electrons. The van der Waals surface area contributed by atoms with Gasteiger partial charge < -0.3 is 20.4 Å². The number of aliphatic carboxylic acids is 1. The monoisotopic (exact) mass is 395 g/mol. The number of rotatable bonds is 11. The van der Waals surface area contributed by atoms with Gasteiger partial charge in [0, 0.05) is 12.3 Å². The molecule has 2 fully saturated rings. The van der Waals surface area contributed by atoms with Crippen molar-refractivity contribution in [1.82, 2.24) is 0 Å². The molecule has 0 saturated heterocycles. The second-order valence-electron chi connectivity index (χ2n) is 9.23. The fraction of sp³-hybridized carbons (Fsp3) is 0.783. The van der Waals surface area contributed by atoms with Gasteiger partial charge in [0.05, 0.1) is 25.6 Å². The fourth-order valence-electron chi connectivity index (χ4n) is 4.22. The average molecular weight is 396 g/mol. The number of hydrogen-bond acceptors (Lipinski definition) is 4. The molecule has 0 unspecified atom stereocenters. The summed E-state index contributed by atoms with van der Waals surface area (Å²) in [5.41, 5.74) is -0.609. The van der Waals surface area contributed by atoms with Gasteiger partial charge >= 0.3 is 5.97 Å². The highest BCUT2D eigenvalue weighted by Crippen LogP contribution is 2.42. The molecule has 0 aliphatic heterocycles. The van der Waals surface area contributed by atoms with Crippen LogP contribution in [0.5, 0.6) is 0 Å². The van der Waals surface area contributed by atoms with Crippen molar-refractivity contribution < 1.29 is 26.6 Å². The fourth-order valence-corrected chi connectivity index (χ4v) is 4.22. The molecule has 2 aliphatic rings. The van der Waals surface area contributed by atoms with Crippen LogP contribution in [0.1, 0.15) is 67.1 Å². The van der Waals surface area contributed by atoms with Gasteiger partial charge in [-0.15, -0.1) is 0 Å². The zero-order valence-electron chi connectivity index (χ0n) is 18.4. The van der Waals surface area contributed by atoms with Crippen LogP contribution in [0.3, 0.4) is 0 Å². The van der Waals surface area contributed by atoms with E-state index < -0.39 is 29.7 Å². The van der Waals surface area contributed by atoms with Gasteiger partial charge in [0.1, 0.15) is 0 Å². The standard InChI is InChI=1S/C23H38O5/c1-4-5-12-23(2,3)21(26)11-10-17-16(19(24)14-20(17)25)9-7-6-8-15-13-18(15)22(27)28/h6-7,10-11,15-21,24-26H,4-5,8-9,12-14H2,1-3H3,(H,27,28)/b7-6-,11-10+/t15-,16-,17-,18-,19+,20-,21-/m1/s1/i21D. The Morgan fingerprint density at radius 1 is 1.21 bits per heavy atom. The van der Waals surface area contributed by atoms with E-state index in [0.29, 0.717) is 6.42 Å². The van der Waals surface area contributed by atoms with E-state index in [1.165, 1.54) is 6.08 Å². The van der Waals surface area contributed by atoms with E-state index in [4.69, 9.17) is 6.48 Å². The minimum atomic E-state index is -1.74. The van der Waals surface area contributed by atoms with Crippen molar-refractivity contribution in [2.75, 3.05) is 0 Å². The molecule has 0 aromatic carbocycles. The molecular weight excluding hydrogens is 356 g/mol. The van der Waals surface area contributed by atoms with Crippen LogP contribution in [0.4, 0.5) is 0 Å². The number of aliphatic hydroxyl groups is 3. The van der Waals surface area contributed by atoms with Crippen LogP contribution < -0.4 is 0 Å². The van der Waals surface area contributed by atoms with E-state index in [1.54, 1.807) is 6.08 Å². The Kier molecular flexibility index (Phi) is 7.72. The zero-order valence-corrected chi connectivity index (χ0v) is 17.4. The Morgan fingerprint density at radius 3 is 2.50 bits per heavy atom. The van der Waals surface area contributed by atoms with Gasteiger partial charge in [-0.2, -0.15) is 0 Å². The van der Waals surface area contributed by atoms with Gasteiger partial charge in [0.25, 0.3) is 0 Å². The number of aliphatic hydroxyl groups excluding tert-OH is 2. The molecular formula is C23H38O5. The van der Waals surface area contributed by atoms with E-state index in [0.717, 1.165) is 32.1 Å². The molecule has 0 amide bonds. The van der Waals surface area contributed by atoms with Crippen LogP contribution in [0.2, 0.25) is 0 Å². The summed E-state index contributed by atoms with van der Waals surface area (Å²) in [6.45, 7) is 5.83. The second-order valence-corrected chi connectivity index (χ2v) is 9.23. The number of carbonyl (C=O) groups is 1. The van der Waals surface area contributed by atoms with Crippen LogP contribution in [0.25, 0.3) is 0 Å². The summed E-state index contributed by atoms with van der Waals surface area (Å²) in [6.07, 6.45) is 9.02. The summed E-state index contributed by atoms with van der Waals surface area (Å²) < 4.78 is 8.39. The molecule has 0 aromatic heterocycles. The van der Waals surface area contributed by atoms with Crippen molar-refractivity contribution in [3.8, 4) is 0 Å². The maximum absolute atomic E-state index is 10.9. The first-order valence-electron chi connectivity index (χ1n) is 11.2. The number of hydrogen-bond donors (Lipinski definition) is 4. The molecule has 0 bridgehead atoms. The summed E-state index contributed by atoms with van der Waals surface area (Å²) in [7, 11) is 0. The first-order chi connectivity index (χ1) is 13.5. The van der Waals surface area contributed by atoms with Gasteiger partial charge in [-0.25, -0.2) is 0 Å². The predicted octanol–water partition coefficient (Wildman–Crippen LogP) is 3.53. The second kappa shape index (κ2) is 10.0. The van der Waals surface area contributed by atoms with Gasteiger partial charge in [-0.3, -0.25) is 4.79 Å². The van der Waals surface area contributed by atoms with Crippen molar-refractivity contribution in [2.45, 2.75) is 84.0 Å². The lowest BCUT2D eigenvalue weighted by Crippen LogP contribution is -2.28. The van der Waals surface area contributed by atoms with Crippen molar-refractivity contribution >= 4 is 5.97 Å². The van der Waals surface area contributed by atoms with Crippen molar-refractivity contribution in [1.29, 1.82) is 0 Å². The summed E-state index contributed by atoms with van der Waals surface area (Å²) in [4.78, 5) is 10.9. The largest absolute Gasteiger partial charge is 0.481 e. The van der Waals surface area contributed by atoms with Gasteiger partial charge in [0.2, 0.25) is 0 Å². The molecule has 2 aliphatic carbocycles. The minimum Gasteiger partial charge on any atom is -0.481 e. The molecule has 5 heteroatoms. The summed E-state index contributed by atoms with van der Waals surface area (Å²) in [6, 6.07) is 0. The highest BCUT2D eigenvalue weighted by atomic mass is 16.4. The molecule has 7 atom stereocenters. The Balaban J connectivity index is 1.96. The molecule has 2 rings (SSSR count). The van der Waals surface area contributed by atoms with E-state index in [1.807, 2.05) is 26.0 Å². The quantitative estimate of drug-likeness (QED) is 0.401. The molecule has 2 saturated carbocycles. The molecule has 0 heterocycles. The van der Waals surface area contributed by atoms with Gasteiger partial charge in [-0.05, 0) is 42.9 Å². The van der Waals surface area contributed by atoms with E-state index >= 15 is 0 Å². The topological polar surface area (TPSA) is 98.0 Å². The Morgan fingerprint density at radius 2 is 1.89 bits per heavy atom. The normalized spacial score (nSPS) is 36.0. The number of carboxylic acid groups (broad SMARTS) is 1. The van der Waals surface area contributed by atoms with Crippen molar-refractivity contribution in [2.24, 2.45) is 29.1 Å². The molecule has 0 aromatic rings. The third-order valence-electron chi connectivity index (χ3n) is 6.49. The lowest BCUT2D eigenvalue weighted by Gasteiger charge is -2.29. The van der Waals surface area contributed by atoms with Gasteiger partial charge in [-0.1, -0.05) is 57.9 Å². The highest BCUT2D eigenvalue weighted by Gasteiger charge is 2.42. The lowest BCUT2D eigenvalue weighted by molar-refractivity contribution is -0.138. The van der Waals surface area contributed by atoms with Crippen molar-refractivity contribution in [3.63, 3.8) is 0 Å². The smallest absolute Gasteiger partial charge is 0.306 e. The van der Waals surface area contributed by atoms with Crippen LogP contribution in [0, 0.1) is 29.1 Å². The van der Waals surface area contributed by atoms with E-state index in [9.17, 15) is 20.1 Å². The summed E-state index contributed by atoms with van der Waals surface area (Å²) in [5.74, 6) is -1.24. The van der Waals surface area contributed by atoms with Crippen LogP contribution in [-0.2, 0) is 4.79 Å². The van der Waals surface area contributed by atoms with E-state index in [2.05, 4.69) is 6.92 Å². The molecule has 4 N–H and O–H groups in total. The minimum absolute atomic E-state index is 0.179. The van der Waals surface area contributed by atoms with E-state index in [-0.39, 0.29) is 30.1 Å². The summed E-state index contributed by atoms with van der Waals surface area (Å²) >= 11 is 0. The first kappa shape index (κ1) is 21.5. The number of carboxylic acids is 1. The maximum Gasteiger partial charge on any atom is 0.306 e. The predicted molar refractivity (Wildman–Crippen MR) is 110 cm³/mol. The van der Waals surface area contributed by atoms with Crippen LogP contribution in [-0.4, -0.2) is 44.7 Å². The molecule has 5 nitrogen and oxygen atoms in total. The molecule has 0 radical (unpaired) electrons. The first-order valence-corrected chi connectivity index (χ1v) is 10.7. The summed E-state index contributed by atoms with van der Waals surface area (Å²) in [5, 5.41) is 40.4. The van der Waals surface area contributed by atoms with Gasteiger partial charge in [0.15, 0.2) is 0 Å². The van der Waals surface area contributed by atoms with Crippen LogP contribution in [0.15, 0.2) is 24.3 Å².